The van der Waals surface area contributed by atoms with E-state index in [1.165, 1.54) is 16.7 Å². The summed E-state index contributed by atoms with van der Waals surface area (Å²) < 4.78 is 12.3. The van der Waals surface area contributed by atoms with Gasteiger partial charge in [-0.1, -0.05) is 65.9 Å². The van der Waals surface area contributed by atoms with E-state index in [0.29, 0.717) is 45.5 Å². The summed E-state index contributed by atoms with van der Waals surface area (Å²) in [6, 6.07) is 11.6. The number of nitrogens with zero attached hydrogens (tertiary/aromatic N) is 1. The zero-order valence-corrected chi connectivity index (χ0v) is 19.2. The highest BCUT2D eigenvalue weighted by molar-refractivity contribution is 8.26. The second-order valence-electron chi connectivity index (χ2n) is 6.56. The highest BCUT2D eigenvalue weighted by Crippen LogP contribution is 2.39. The normalized spacial score (nSPS) is 15.0. The van der Waals surface area contributed by atoms with Crippen molar-refractivity contribution in [1.29, 1.82) is 0 Å². The number of thioether (sulfide) groups is 1. The lowest BCUT2D eigenvalue weighted by Crippen LogP contribution is -2.27. The van der Waals surface area contributed by atoms with Crippen LogP contribution in [0, 0.1) is 6.92 Å². The Balaban J connectivity index is 1.88. The van der Waals surface area contributed by atoms with E-state index in [-0.39, 0.29) is 5.91 Å². The number of thiocarbonyl (C=S) groups is 1. The van der Waals surface area contributed by atoms with Crippen LogP contribution in [-0.4, -0.2) is 28.3 Å². The van der Waals surface area contributed by atoms with Crippen LogP contribution in [0.15, 0.2) is 54.0 Å². The Labute approximate surface area is 191 Å². The second-order valence-corrected chi connectivity index (χ2v) is 8.64. The van der Waals surface area contributed by atoms with Crippen molar-refractivity contribution in [3.63, 3.8) is 0 Å². The largest absolute Gasteiger partial charge is 0.490 e. The first-order valence-electron chi connectivity index (χ1n) is 9.44. The van der Waals surface area contributed by atoms with E-state index in [4.69, 9.17) is 33.3 Å². The molecule has 2 aromatic carbocycles. The van der Waals surface area contributed by atoms with Gasteiger partial charge in [0, 0.05) is 6.54 Å². The maximum Gasteiger partial charge on any atom is 0.266 e. The van der Waals surface area contributed by atoms with Crippen LogP contribution >= 0.6 is 35.6 Å². The van der Waals surface area contributed by atoms with E-state index in [0.717, 1.165) is 16.7 Å². The summed E-state index contributed by atoms with van der Waals surface area (Å²) in [5.41, 5.74) is 2.96. The van der Waals surface area contributed by atoms with Crippen LogP contribution in [0.1, 0.15) is 23.6 Å². The first kappa shape index (κ1) is 22.4. The number of halogens is 1. The number of hydrogen-bond acceptors (Lipinski definition) is 5. The molecule has 30 heavy (non-hydrogen) atoms. The quantitative estimate of drug-likeness (QED) is 0.274. The van der Waals surface area contributed by atoms with Crippen molar-refractivity contribution in [2.45, 2.75) is 20.5 Å². The van der Waals surface area contributed by atoms with E-state index in [9.17, 15) is 4.79 Å². The SMILES string of the molecule is C=CCN1C(=O)/C(=C\c2cc(Cl)c(OCc3ccccc3C)c(OCC)c2)SC1=S. The van der Waals surface area contributed by atoms with Gasteiger partial charge in [-0.3, -0.25) is 9.69 Å². The maximum atomic E-state index is 12.6. The lowest BCUT2D eigenvalue weighted by atomic mass is 10.1. The summed E-state index contributed by atoms with van der Waals surface area (Å²) >= 11 is 13.1. The molecular formula is C23H22ClNO3S2. The molecule has 1 aliphatic heterocycles. The number of ether oxygens (including phenoxy) is 2. The first-order chi connectivity index (χ1) is 14.4. The van der Waals surface area contributed by atoms with E-state index in [1.807, 2.05) is 44.2 Å². The molecule has 0 saturated carbocycles. The van der Waals surface area contributed by atoms with Gasteiger partial charge in [-0.25, -0.2) is 0 Å². The molecule has 1 heterocycles. The Kier molecular flexibility index (Phi) is 7.58. The first-order valence-corrected chi connectivity index (χ1v) is 11.0. The minimum atomic E-state index is -0.140. The van der Waals surface area contributed by atoms with Gasteiger partial charge in [-0.05, 0) is 48.7 Å². The maximum absolute atomic E-state index is 12.6. The van der Waals surface area contributed by atoms with Crippen LogP contribution in [0.3, 0.4) is 0 Å². The van der Waals surface area contributed by atoms with Crippen molar-refractivity contribution in [3.05, 3.63) is 75.7 Å². The number of carbonyl (C=O) groups excluding carboxylic acids is 1. The highest BCUT2D eigenvalue weighted by Gasteiger charge is 2.31. The van der Waals surface area contributed by atoms with E-state index < -0.39 is 0 Å². The van der Waals surface area contributed by atoms with Gasteiger partial charge in [-0.2, -0.15) is 0 Å². The number of benzene rings is 2. The zero-order chi connectivity index (χ0) is 21.7. The predicted octanol–water partition coefficient (Wildman–Crippen LogP) is 6.01. The summed E-state index contributed by atoms with van der Waals surface area (Å²) in [6.07, 6.45) is 3.42. The van der Waals surface area contributed by atoms with E-state index in [1.54, 1.807) is 18.2 Å². The van der Waals surface area contributed by atoms with Gasteiger partial charge in [0.25, 0.3) is 5.91 Å². The molecule has 0 aromatic heterocycles. The Bertz CT molecular complexity index is 1020. The Morgan fingerprint density at radius 2 is 2.03 bits per heavy atom. The molecule has 1 aliphatic rings. The Morgan fingerprint density at radius 1 is 1.27 bits per heavy atom. The van der Waals surface area contributed by atoms with Crippen molar-refractivity contribution in [2.24, 2.45) is 0 Å². The van der Waals surface area contributed by atoms with Crippen molar-refractivity contribution in [3.8, 4) is 11.5 Å². The number of carbonyl (C=O) groups is 1. The van der Waals surface area contributed by atoms with Gasteiger partial charge < -0.3 is 9.47 Å². The van der Waals surface area contributed by atoms with E-state index >= 15 is 0 Å². The number of hydrogen-bond donors (Lipinski definition) is 0. The van der Waals surface area contributed by atoms with Crippen LogP contribution in [-0.2, 0) is 11.4 Å². The minimum Gasteiger partial charge on any atom is -0.490 e. The summed E-state index contributed by atoms with van der Waals surface area (Å²) in [6.45, 7) is 8.83. The number of rotatable bonds is 8. The van der Waals surface area contributed by atoms with Gasteiger partial charge >= 0.3 is 0 Å². The molecule has 2 aromatic rings. The summed E-state index contributed by atoms with van der Waals surface area (Å²) in [7, 11) is 0. The molecule has 156 valence electrons. The molecule has 0 aliphatic carbocycles. The van der Waals surface area contributed by atoms with Crippen LogP contribution < -0.4 is 9.47 Å². The fraction of sp³-hybridized carbons (Fsp3) is 0.217. The van der Waals surface area contributed by atoms with E-state index in [2.05, 4.69) is 6.58 Å². The molecule has 4 nitrogen and oxygen atoms in total. The average molecular weight is 460 g/mol. The van der Waals surface area contributed by atoms with Crippen LogP contribution in [0.5, 0.6) is 11.5 Å². The molecule has 0 bridgehead atoms. The number of aryl methyl sites for hydroxylation is 1. The van der Waals surface area contributed by atoms with Crippen molar-refractivity contribution in [1.82, 2.24) is 4.90 Å². The van der Waals surface area contributed by atoms with Gasteiger partial charge in [0.05, 0.1) is 16.5 Å². The monoisotopic (exact) mass is 459 g/mol. The lowest BCUT2D eigenvalue weighted by Gasteiger charge is -2.15. The van der Waals surface area contributed by atoms with Gasteiger partial charge in [0.1, 0.15) is 10.9 Å². The third kappa shape index (κ3) is 5.06. The fourth-order valence-corrected chi connectivity index (χ4v) is 4.48. The molecule has 0 spiro atoms. The van der Waals surface area contributed by atoms with Crippen LogP contribution in [0.4, 0.5) is 0 Å². The Hall–Kier alpha value is -2.28. The highest BCUT2D eigenvalue weighted by atomic mass is 35.5. The van der Waals surface area contributed by atoms with Crippen LogP contribution in [0.25, 0.3) is 6.08 Å². The molecule has 1 fully saturated rings. The van der Waals surface area contributed by atoms with Gasteiger partial charge in [-0.15, -0.1) is 6.58 Å². The fourth-order valence-electron chi connectivity index (χ4n) is 2.93. The standard InChI is InChI=1S/C23H22ClNO3S2/c1-4-10-25-22(26)20(30-23(25)29)13-16-11-18(24)21(19(12-16)27-5-2)28-14-17-9-7-6-8-15(17)3/h4,6-9,11-13H,1,5,10,14H2,2-3H3/b20-13+. The molecular weight excluding hydrogens is 438 g/mol. The molecule has 0 unspecified atom stereocenters. The zero-order valence-electron chi connectivity index (χ0n) is 16.8. The molecule has 1 amide bonds. The molecule has 0 N–H and O–H groups in total. The molecule has 0 radical (unpaired) electrons. The van der Waals surface area contributed by atoms with Crippen LogP contribution in [0.2, 0.25) is 5.02 Å². The Morgan fingerprint density at radius 3 is 2.73 bits per heavy atom. The summed E-state index contributed by atoms with van der Waals surface area (Å²) in [5, 5.41) is 0.419. The van der Waals surface area contributed by atoms with Crippen molar-refractivity contribution < 1.29 is 14.3 Å². The molecule has 7 heteroatoms. The number of amides is 1. The topological polar surface area (TPSA) is 38.8 Å². The van der Waals surface area contributed by atoms with Gasteiger partial charge in [0.2, 0.25) is 0 Å². The van der Waals surface area contributed by atoms with Gasteiger partial charge in [0.15, 0.2) is 11.5 Å². The smallest absolute Gasteiger partial charge is 0.266 e. The van der Waals surface area contributed by atoms with Crippen molar-refractivity contribution in [2.75, 3.05) is 13.2 Å². The minimum absolute atomic E-state index is 0.140. The predicted molar refractivity (Wildman–Crippen MR) is 128 cm³/mol. The lowest BCUT2D eigenvalue weighted by molar-refractivity contribution is -0.121. The summed E-state index contributed by atoms with van der Waals surface area (Å²) in [4.78, 5) is 14.6. The summed E-state index contributed by atoms with van der Waals surface area (Å²) in [5.74, 6) is 0.878. The molecule has 0 atom stereocenters. The second kappa shape index (κ2) is 10.2. The van der Waals surface area contributed by atoms with Crippen molar-refractivity contribution >= 4 is 51.9 Å². The third-order valence-corrected chi connectivity index (χ3v) is 6.11. The molecule has 3 rings (SSSR count). The molecule has 1 saturated heterocycles. The third-order valence-electron chi connectivity index (χ3n) is 4.45. The average Bonchev–Trinajstić information content (AvgIpc) is 2.96.